The summed E-state index contributed by atoms with van der Waals surface area (Å²) in [7, 11) is 0. The Balaban J connectivity index is 1.85. The first-order valence-corrected chi connectivity index (χ1v) is 6.68. The van der Waals surface area contributed by atoms with E-state index in [1.165, 1.54) is 19.4 Å². The fraction of sp³-hybridized carbons (Fsp3) is 0.583. The molecular weight excluding hydrogens is 266 g/mol. The lowest BCUT2D eigenvalue weighted by molar-refractivity contribution is 0.277. The second kappa shape index (κ2) is 5.64. The number of pyridine rings is 1. The largest absolute Gasteiger partial charge is 0.369 e. The Kier molecular flexibility index (Phi) is 4.18. The third kappa shape index (κ3) is 2.95. The zero-order chi connectivity index (χ0) is 11.4. The first-order valence-electron chi connectivity index (χ1n) is 5.89. The highest BCUT2D eigenvalue weighted by molar-refractivity contribution is 9.10. The highest BCUT2D eigenvalue weighted by atomic mass is 79.9. The monoisotopic (exact) mass is 283 g/mol. The molecule has 1 saturated heterocycles. The van der Waals surface area contributed by atoms with Gasteiger partial charge < -0.3 is 5.32 Å². The number of hydrogen-bond acceptors (Lipinski definition) is 3. The number of likely N-dealkylation sites (N-methyl/N-ethyl adjacent to an activating group) is 1. The first-order chi connectivity index (χ1) is 7.79. The van der Waals surface area contributed by atoms with E-state index in [2.05, 4.69) is 38.1 Å². The van der Waals surface area contributed by atoms with Gasteiger partial charge in [0.05, 0.1) is 0 Å². The summed E-state index contributed by atoms with van der Waals surface area (Å²) >= 11 is 3.39. The molecule has 4 heteroatoms. The van der Waals surface area contributed by atoms with Crippen molar-refractivity contribution in [3.63, 3.8) is 0 Å². The minimum Gasteiger partial charge on any atom is -0.369 e. The molecule has 16 heavy (non-hydrogen) atoms. The number of rotatable bonds is 4. The number of anilines is 1. The summed E-state index contributed by atoms with van der Waals surface area (Å²) in [5.74, 6) is 0.964. The number of nitrogens with one attached hydrogen (secondary N) is 1. The Morgan fingerprint density at radius 2 is 2.44 bits per heavy atom. The van der Waals surface area contributed by atoms with Crippen LogP contribution in [0, 0.1) is 0 Å². The van der Waals surface area contributed by atoms with Crippen LogP contribution in [0.4, 0.5) is 5.82 Å². The predicted octanol–water partition coefficient (Wildman–Crippen LogP) is 2.74. The minimum atomic E-state index is 0.676. The summed E-state index contributed by atoms with van der Waals surface area (Å²) in [6.45, 7) is 5.63. The molecule has 0 aliphatic carbocycles. The van der Waals surface area contributed by atoms with Gasteiger partial charge in [0.15, 0.2) is 0 Å². The van der Waals surface area contributed by atoms with E-state index in [1.54, 1.807) is 0 Å². The summed E-state index contributed by atoms with van der Waals surface area (Å²) in [4.78, 5) is 6.85. The minimum absolute atomic E-state index is 0.676. The van der Waals surface area contributed by atoms with E-state index in [0.717, 1.165) is 23.4 Å². The smallest absolute Gasteiger partial charge is 0.126 e. The molecular formula is C12H18BrN3. The molecule has 1 aliphatic rings. The van der Waals surface area contributed by atoms with Crippen LogP contribution in [0.1, 0.15) is 19.8 Å². The Bertz CT molecular complexity index is 326. The molecule has 0 amide bonds. The van der Waals surface area contributed by atoms with Gasteiger partial charge in [0.25, 0.3) is 0 Å². The van der Waals surface area contributed by atoms with E-state index in [4.69, 9.17) is 0 Å². The summed E-state index contributed by atoms with van der Waals surface area (Å²) in [5, 5.41) is 3.40. The van der Waals surface area contributed by atoms with Crippen LogP contribution in [0.25, 0.3) is 0 Å². The Morgan fingerprint density at radius 1 is 1.56 bits per heavy atom. The highest BCUT2D eigenvalue weighted by Gasteiger charge is 2.22. The molecule has 1 aromatic rings. The molecule has 1 fully saturated rings. The first kappa shape index (κ1) is 11.9. The lowest BCUT2D eigenvalue weighted by Crippen LogP contribution is -2.34. The van der Waals surface area contributed by atoms with Crippen molar-refractivity contribution in [1.29, 1.82) is 0 Å². The molecule has 2 heterocycles. The lowest BCUT2D eigenvalue weighted by atomic mass is 10.2. The number of aromatic nitrogens is 1. The number of nitrogens with zero attached hydrogens (tertiary/aromatic N) is 2. The average Bonchev–Trinajstić information content (AvgIpc) is 2.76. The second-order valence-corrected chi connectivity index (χ2v) is 5.08. The summed E-state index contributed by atoms with van der Waals surface area (Å²) < 4.78 is 1.02. The van der Waals surface area contributed by atoms with Crippen molar-refractivity contribution in [3.05, 3.63) is 22.8 Å². The van der Waals surface area contributed by atoms with E-state index in [-0.39, 0.29) is 0 Å². The van der Waals surface area contributed by atoms with Gasteiger partial charge >= 0.3 is 0 Å². The van der Waals surface area contributed by atoms with Gasteiger partial charge in [-0.25, -0.2) is 4.98 Å². The zero-order valence-electron chi connectivity index (χ0n) is 9.62. The maximum atomic E-state index is 4.31. The van der Waals surface area contributed by atoms with Gasteiger partial charge in [-0.05, 0) is 54.0 Å². The Morgan fingerprint density at radius 3 is 3.12 bits per heavy atom. The fourth-order valence-electron chi connectivity index (χ4n) is 2.25. The SMILES string of the molecule is CCN1CCCC1CNc1ccc(Br)cn1. The second-order valence-electron chi connectivity index (χ2n) is 4.17. The van der Waals surface area contributed by atoms with Gasteiger partial charge in [-0.3, -0.25) is 4.90 Å². The van der Waals surface area contributed by atoms with Crippen LogP contribution in [0.5, 0.6) is 0 Å². The van der Waals surface area contributed by atoms with Gasteiger partial charge in [0, 0.05) is 23.3 Å². The van der Waals surface area contributed by atoms with Crippen molar-refractivity contribution in [1.82, 2.24) is 9.88 Å². The van der Waals surface area contributed by atoms with Crippen molar-refractivity contribution < 1.29 is 0 Å². The van der Waals surface area contributed by atoms with Crippen molar-refractivity contribution >= 4 is 21.7 Å². The Labute approximate surface area is 105 Å². The van der Waals surface area contributed by atoms with Crippen LogP contribution in [0.15, 0.2) is 22.8 Å². The van der Waals surface area contributed by atoms with Crippen LogP contribution in [0.3, 0.4) is 0 Å². The normalized spacial score (nSPS) is 21.2. The van der Waals surface area contributed by atoms with Crippen LogP contribution in [-0.4, -0.2) is 35.6 Å². The fourth-order valence-corrected chi connectivity index (χ4v) is 2.48. The molecule has 1 aromatic heterocycles. The molecule has 88 valence electrons. The molecule has 1 aliphatic heterocycles. The highest BCUT2D eigenvalue weighted by Crippen LogP contribution is 2.17. The summed E-state index contributed by atoms with van der Waals surface area (Å²) in [5.41, 5.74) is 0. The van der Waals surface area contributed by atoms with Crippen LogP contribution in [-0.2, 0) is 0 Å². The van der Waals surface area contributed by atoms with Gasteiger partial charge in [0.1, 0.15) is 5.82 Å². The number of likely N-dealkylation sites (tertiary alicyclic amines) is 1. The van der Waals surface area contributed by atoms with E-state index in [0.29, 0.717) is 6.04 Å². The van der Waals surface area contributed by atoms with Gasteiger partial charge in [-0.15, -0.1) is 0 Å². The van der Waals surface area contributed by atoms with Crippen LogP contribution in [0.2, 0.25) is 0 Å². The van der Waals surface area contributed by atoms with Crippen LogP contribution < -0.4 is 5.32 Å². The van der Waals surface area contributed by atoms with Crippen molar-refractivity contribution in [2.75, 3.05) is 25.0 Å². The topological polar surface area (TPSA) is 28.2 Å². The molecule has 1 atom stereocenters. The molecule has 3 nitrogen and oxygen atoms in total. The van der Waals surface area contributed by atoms with E-state index >= 15 is 0 Å². The summed E-state index contributed by atoms with van der Waals surface area (Å²) in [6, 6.07) is 4.70. The standard InChI is InChI=1S/C12H18BrN3/c1-2-16-7-3-4-11(16)9-15-12-6-5-10(13)8-14-12/h5-6,8,11H,2-4,7,9H2,1H3,(H,14,15). The van der Waals surface area contributed by atoms with E-state index in [9.17, 15) is 0 Å². The van der Waals surface area contributed by atoms with E-state index < -0.39 is 0 Å². The van der Waals surface area contributed by atoms with E-state index in [1.807, 2.05) is 18.3 Å². The van der Waals surface area contributed by atoms with Gasteiger partial charge in [0.2, 0.25) is 0 Å². The average molecular weight is 284 g/mol. The maximum absolute atomic E-state index is 4.31. The molecule has 2 rings (SSSR count). The predicted molar refractivity (Wildman–Crippen MR) is 70.7 cm³/mol. The zero-order valence-corrected chi connectivity index (χ0v) is 11.2. The third-order valence-electron chi connectivity index (χ3n) is 3.15. The van der Waals surface area contributed by atoms with Gasteiger partial charge in [-0.2, -0.15) is 0 Å². The molecule has 0 aromatic carbocycles. The van der Waals surface area contributed by atoms with Crippen molar-refractivity contribution in [2.45, 2.75) is 25.8 Å². The maximum Gasteiger partial charge on any atom is 0.126 e. The van der Waals surface area contributed by atoms with Crippen LogP contribution >= 0.6 is 15.9 Å². The Hall–Kier alpha value is -0.610. The molecule has 1 N–H and O–H groups in total. The number of halogens is 1. The third-order valence-corrected chi connectivity index (χ3v) is 3.62. The molecule has 0 spiro atoms. The lowest BCUT2D eigenvalue weighted by Gasteiger charge is -2.23. The van der Waals surface area contributed by atoms with Crippen molar-refractivity contribution in [3.8, 4) is 0 Å². The molecule has 0 bridgehead atoms. The van der Waals surface area contributed by atoms with Gasteiger partial charge in [-0.1, -0.05) is 6.92 Å². The number of hydrogen-bond donors (Lipinski definition) is 1. The quantitative estimate of drug-likeness (QED) is 0.921. The molecule has 1 unspecified atom stereocenters. The molecule has 0 radical (unpaired) electrons. The summed E-state index contributed by atoms with van der Waals surface area (Å²) in [6.07, 6.45) is 4.46. The molecule has 0 saturated carbocycles. The van der Waals surface area contributed by atoms with Crippen molar-refractivity contribution in [2.24, 2.45) is 0 Å².